The zero-order valence-electron chi connectivity index (χ0n) is 10.6. The number of hydrogen-bond acceptors (Lipinski definition) is 2. The quantitative estimate of drug-likeness (QED) is 0.747. The number of rotatable bonds is 4. The molecule has 0 unspecified atom stereocenters. The van der Waals surface area contributed by atoms with Gasteiger partial charge in [0.1, 0.15) is 12.4 Å². The van der Waals surface area contributed by atoms with Gasteiger partial charge in [-0.2, -0.15) is 5.10 Å². The molecule has 0 aliphatic heterocycles. The molecular weight excluding hydrogens is 351 g/mol. The van der Waals surface area contributed by atoms with Crippen molar-refractivity contribution >= 4 is 39.1 Å². The number of alkyl halides is 1. The van der Waals surface area contributed by atoms with Crippen LogP contribution in [0, 0.1) is 6.92 Å². The van der Waals surface area contributed by atoms with E-state index in [1.54, 1.807) is 4.68 Å². The number of aryl methyl sites for hydroxylation is 2. The van der Waals surface area contributed by atoms with E-state index in [0.717, 1.165) is 22.3 Å². The maximum absolute atomic E-state index is 6.17. The molecule has 0 aliphatic carbocycles. The Labute approximate surface area is 130 Å². The van der Waals surface area contributed by atoms with E-state index in [4.69, 9.17) is 27.9 Å². The zero-order valence-corrected chi connectivity index (χ0v) is 13.7. The third-order valence-corrected chi connectivity index (χ3v) is 4.21. The lowest BCUT2D eigenvalue weighted by Gasteiger charge is -2.09. The zero-order chi connectivity index (χ0) is 14.0. The summed E-state index contributed by atoms with van der Waals surface area (Å²) < 4.78 is 7.43. The van der Waals surface area contributed by atoms with Gasteiger partial charge in [-0.15, -0.1) is 0 Å². The first-order chi connectivity index (χ1) is 9.02. The van der Waals surface area contributed by atoms with Crippen molar-refractivity contribution in [3.63, 3.8) is 0 Å². The molecule has 1 aromatic heterocycles. The van der Waals surface area contributed by atoms with Crippen LogP contribution in [-0.2, 0) is 19.0 Å². The molecule has 0 N–H and O–H groups in total. The van der Waals surface area contributed by atoms with E-state index in [0.29, 0.717) is 22.4 Å². The molecule has 6 heteroatoms. The fraction of sp³-hybridized carbons (Fsp3) is 0.308. The minimum atomic E-state index is 0.337. The Bertz CT molecular complexity index is 599. The van der Waals surface area contributed by atoms with Gasteiger partial charge in [0, 0.05) is 12.4 Å². The molecule has 0 fully saturated rings. The van der Waals surface area contributed by atoms with Gasteiger partial charge in [-0.25, -0.2) is 0 Å². The van der Waals surface area contributed by atoms with Gasteiger partial charge >= 0.3 is 0 Å². The normalized spacial score (nSPS) is 10.8. The minimum absolute atomic E-state index is 0.337. The Balaban J connectivity index is 2.14. The van der Waals surface area contributed by atoms with Crippen LogP contribution < -0.4 is 4.74 Å². The van der Waals surface area contributed by atoms with Crippen molar-refractivity contribution in [1.29, 1.82) is 0 Å². The highest BCUT2D eigenvalue weighted by Gasteiger charge is 2.12. The molecule has 0 atom stereocenters. The lowest BCUT2D eigenvalue weighted by molar-refractivity contribution is 0.295. The Morgan fingerprint density at radius 1 is 1.37 bits per heavy atom. The number of aromatic nitrogens is 2. The summed E-state index contributed by atoms with van der Waals surface area (Å²) in [6.07, 6.45) is 0. The Kier molecular flexibility index (Phi) is 4.76. The van der Waals surface area contributed by atoms with Gasteiger partial charge in [-0.1, -0.05) is 45.2 Å². The Hall–Kier alpha value is -0.710. The maximum atomic E-state index is 6.17. The molecule has 3 nitrogen and oxygen atoms in total. The highest BCUT2D eigenvalue weighted by Crippen LogP contribution is 2.28. The van der Waals surface area contributed by atoms with Crippen LogP contribution >= 0.6 is 39.1 Å². The number of nitrogens with zero attached hydrogens (tertiary/aromatic N) is 2. The molecule has 19 heavy (non-hydrogen) atoms. The second-order valence-corrected chi connectivity index (χ2v) is 5.50. The molecule has 0 saturated heterocycles. The van der Waals surface area contributed by atoms with Gasteiger partial charge in [0.25, 0.3) is 0 Å². The first kappa shape index (κ1) is 14.7. The van der Waals surface area contributed by atoms with Gasteiger partial charge in [0.05, 0.1) is 21.4 Å². The van der Waals surface area contributed by atoms with Gasteiger partial charge in [0.2, 0.25) is 0 Å². The summed E-state index contributed by atoms with van der Waals surface area (Å²) in [5, 5.41) is 6.23. The monoisotopic (exact) mass is 362 g/mol. The molecule has 0 aliphatic rings. The van der Waals surface area contributed by atoms with Crippen LogP contribution in [-0.4, -0.2) is 9.78 Å². The molecule has 0 bridgehead atoms. The summed E-state index contributed by atoms with van der Waals surface area (Å²) in [6, 6.07) is 5.70. The summed E-state index contributed by atoms with van der Waals surface area (Å²) in [5.74, 6) is 0.640. The largest absolute Gasteiger partial charge is 0.486 e. The summed E-state index contributed by atoms with van der Waals surface area (Å²) in [7, 11) is 1.84. The second-order valence-electron chi connectivity index (χ2n) is 4.16. The Morgan fingerprint density at radius 2 is 2.11 bits per heavy atom. The van der Waals surface area contributed by atoms with E-state index in [1.165, 1.54) is 0 Å². The van der Waals surface area contributed by atoms with Crippen molar-refractivity contribution in [2.24, 2.45) is 7.05 Å². The molecule has 0 spiro atoms. The highest BCUT2D eigenvalue weighted by atomic mass is 79.9. The van der Waals surface area contributed by atoms with E-state index >= 15 is 0 Å². The predicted octanol–water partition coefficient (Wildman–Crippen LogP) is 4.51. The van der Waals surface area contributed by atoms with Gasteiger partial charge < -0.3 is 4.74 Å². The van der Waals surface area contributed by atoms with Crippen molar-refractivity contribution < 1.29 is 4.74 Å². The third kappa shape index (κ3) is 3.25. The van der Waals surface area contributed by atoms with Crippen molar-refractivity contribution in [2.75, 3.05) is 0 Å². The third-order valence-electron chi connectivity index (χ3n) is 2.78. The van der Waals surface area contributed by atoms with E-state index in [1.807, 2.05) is 32.2 Å². The molecule has 1 heterocycles. The molecule has 1 aromatic carbocycles. The van der Waals surface area contributed by atoms with E-state index in [2.05, 4.69) is 21.0 Å². The standard InChI is InChI=1S/C13H13BrCl2N2O/c1-8-13(16)11(18(2)17-8)7-19-12-4-3-9(6-14)5-10(12)15/h3-5H,6-7H2,1-2H3. The molecular formula is C13H13BrCl2N2O. The molecule has 102 valence electrons. The molecule has 2 rings (SSSR count). The summed E-state index contributed by atoms with van der Waals surface area (Å²) in [5.41, 5.74) is 2.73. The van der Waals surface area contributed by atoms with Gasteiger partial charge in [-0.3, -0.25) is 4.68 Å². The van der Waals surface area contributed by atoms with Crippen LogP contribution in [0.25, 0.3) is 0 Å². The van der Waals surface area contributed by atoms with E-state index < -0.39 is 0 Å². The number of hydrogen-bond donors (Lipinski definition) is 0. The van der Waals surface area contributed by atoms with Crippen LogP contribution in [0.15, 0.2) is 18.2 Å². The van der Waals surface area contributed by atoms with Crippen LogP contribution in [0.4, 0.5) is 0 Å². The average molecular weight is 364 g/mol. The minimum Gasteiger partial charge on any atom is -0.486 e. The van der Waals surface area contributed by atoms with Crippen molar-refractivity contribution in [2.45, 2.75) is 18.9 Å². The summed E-state index contributed by atoms with van der Waals surface area (Å²) in [6.45, 7) is 2.20. The SMILES string of the molecule is Cc1nn(C)c(COc2ccc(CBr)cc2Cl)c1Cl. The van der Waals surface area contributed by atoms with E-state index in [9.17, 15) is 0 Å². The number of ether oxygens (including phenoxy) is 1. The first-order valence-corrected chi connectivity index (χ1v) is 7.55. The summed E-state index contributed by atoms with van der Waals surface area (Å²) >= 11 is 15.7. The number of halogens is 3. The molecule has 0 radical (unpaired) electrons. The van der Waals surface area contributed by atoms with Crippen LogP contribution in [0.5, 0.6) is 5.75 Å². The fourth-order valence-corrected chi connectivity index (χ4v) is 2.55. The lowest BCUT2D eigenvalue weighted by Crippen LogP contribution is -2.04. The fourth-order valence-electron chi connectivity index (χ4n) is 1.73. The molecule has 0 saturated carbocycles. The van der Waals surface area contributed by atoms with Gasteiger partial charge in [-0.05, 0) is 24.6 Å². The number of benzene rings is 1. The highest BCUT2D eigenvalue weighted by molar-refractivity contribution is 9.08. The van der Waals surface area contributed by atoms with Crippen molar-refractivity contribution in [1.82, 2.24) is 9.78 Å². The van der Waals surface area contributed by atoms with Crippen LogP contribution in [0.1, 0.15) is 17.0 Å². The van der Waals surface area contributed by atoms with Crippen LogP contribution in [0.3, 0.4) is 0 Å². The predicted molar refractivity (Wildman–Crippen MR) is 81.4 cm³/mol. The lowest BCUT2D eigenvalue weighted by atomic mass is 10.2. The van der Waals surface area contributed by atoms with Crippen molar-refractivity contribution in [3.05, 3.63) is 45.2 Å². The summed E-state index contributed by atoms with van der Waals surface area (Å²) in [4.78, 5) is 0. The smallest absolute Gasteiger partial charge is 0.138 e. The Morgan fingerprint density at radius 3 is 2.63 bits per heavy atom. The van der Waals surface area contributed by atoms with Gasteiger partial charge in [0.15, 0.2) is 0 Å². The first-order valence-electron chi connectivity index (χ1n) is 5.68. The molecule has 0 amide bonds. The van der Waals surface area contributed by atoms with Crippen LogP contribution in [0.2, 0.25) is 10.0 Å². The van der Waals surface area contributed by atoms with Crippen molar-refractivity contribution in [3.8, 4) is 5.75 Å². The molecule has 2 aromatic rings. The topological polar surface area (TPSA) is 27.1 Å². The maximum Gasteiger partial charge on any atom is 0.138 e. The second kappa shape index (κ2) is 6.16. The average Bonchev–Trinajstić information content (AvgIpc) is 2.62. The van der Waals surface area contributed by atoms with E-state index in [-0.39, 0.29) is 0 Å².